The van der Waals surface area contributed by atoms with Gasteiger partial charge in [0, 0.05) is 11.1 Å². The fourth-order valence-electron chi connectivity index (χ4n) is 1.56. The third-order valence-electron chi connectivity index (χ3n) is 2.44. The highest BCUT2D eigenvalue weighted by molar-refractivity contribution is 6.67. The number of halogens is 6. The summed E-state index contributed by atoms with van der Waals surface area (Å²) in [4.78, 5) is 11.2. The van der Waals surface area contributed by atoms with Gasteiger partial charge in [0.1, 0.15) is 6.61 Å². The molecule has 0 aliphatic heterocycles. The summed E-state index contributed by atoms with van der Waals surface area (Å²) in [6, 6.07) is 4.67. The number of hydrogen-bond donors (Lipinski definition) is 0. The van der Waals surface area contributed by atoms with Crippen LogP contribution in [0.1, 0.15) is 23.6 Å². The van der Waals surface area contributed by atoms with E-state index in [9.17, 15) is 4.79 Å². The Bertz CT molecular complexity index is 489. The molecule has 1 rings (SSSR count). The molecule has 0 saturated heterocycles. The number of alkyl halides is 6. The molecule has 0 aliphatic carbocycles. The fraction of sp³-hybridized carbons (Fsp3) is 0.462. The van der Waals surface area contributed by atoms with Gasteiger partial charge >= 0.3 is 5.97 Å². The standard InChI is InChI=1S/C13H12Cl6O3/c1-2-22-11(20)7-21-6-8-3-9(12(14,15)16)5-10(4-8)13(17,18)19/h3-5H,2,6-7H2,1H3. The summed E-state index contributed by atoms with van der Waals surface area (Å²) in [6.07, 6.45) is 0. The molecule has 1 aromatic rings. The average molecular weight is 429 g/mol. The van der Waals surface area contributed by atoms with Crippen molar-refractivity contribution in [3.8, 4) is 0 Å². The Labute approximate surface area is 158 Å². The van der Waals surface area contributed by atoms with Crippen molar-refractivity contribution in [2.45, 2.75) is 21.1 Å². The Morgan fingerprint density at radius 1 is 1.00 bits per heavy atom. The van der Waals surface area contributed by atoms with Crippen LogP contribution in [0.4, 0.5) is 0 Å². The van der Waals surface area contributed by atoms with Crippen LogP contribution in [0.3, 0.4) is 0 Å². The molecule has 3 nitrogen and oxygen atoms in total. The molecule has 0 bridgehead atoms. The Kier molecular flexibility index (Phi) is 7.87. The van der Waals surface area contributed by atoms with Crippen molar-refractivity contribution in [3.63, 3.8) is 0 Å². The summed E-state index contributed by atoms with van der Waals surface area (Å²) in [6.45, 7) is 1.86. The second-order valence-electron chi connectivity index (χ2n) is 4.21. The number of esters is 1. The zero-order valence-corrected chi connectivity index (χ0v) is 15.9. The molecule has 0 N–H and O–H groups in total. The molecule has 0 spiro atoms. The third kappa shape index (κ3) is 6.88. The number of hydrogen-bond acceptors (Lipinski definition) is 3. The van der Waals surface area contributed by atoms with Crippen LogP contribution >= 0.6 is 69.6 Å². The van der Waals surface area contributed by atoms with Crippen LogP contribution in [-0.2, 0) is 28.5 Å². The van der Waals surface area contributed by atoms with Crippen LogP contribution in [0.25, 0.3) is 0 Å². The van der Waals surface area contributed by atoms with Crippen molar-refractivity contribution in [1.82, 2.24) is 0 Å². The van der Waals surface area contributed by atoms with E-state index in [4.69, 9.17) is 79.1 Å². The molecule has 0 fully saturated rings. The number of ether oxygens (including phenoxy) is 2. The van der Waals surface area contributed by atoms with Crippen LogP contribution < -0.4 is 0 Å². The summed E-state index contributed by atoms with van der Waals surface area (Å²) in [5.41, 5.74) is 1.25. The van der Waals surface area contributed by atoms with E-state index in [1.54, 1.807) is 19.1 Å². The summed E-state index contributed by atoms with van der Waals surface area (Å²) >= 11 is 35.2. The summed E-state index contributed by atoms with van der Waals surface area (Å²) in [7, 11) is 0. The van der Waals surface area contributed by atoms with Crippen molar-refractivity contribution in [3.05, 3.63) is 34.9 Å². The van der Waals surface area contributed by atoms with Gasteiger partial charge in [-0.15, -0.1) is 0 Å². The maximum absolute atomic E-state index is 11.2. The van der Waals surface area contributed by atoms with Crippen LogP contribution in [-0.4, -0.2) is 19.2 Å². The van der Waals surface area contributed by atoms with Crippen molar-refractivity contribution >= 4 is 75.6 Å². The first-order valence-electron chi connectivity index (χ1n) is 6.05. The van der Waals surface area contributed by atoms with Gasteiger partial charge in [-0.25, -0.2) is 4.79 Å². The zero-order valence-electron chi connectivity index (χ0n) is 11.3. The van der Waals surface area contributed by atoms with Gasteiger partial charge in [0.2, 0.25) is 7.59 Å². The molecule has 0 heterocycles. The van der Waals surface area contributed by atoms with Gasteiger partial charge < -0.3 is 9.47 Å². The number of carbonyl (C=O) groups excluding carboxylic acids is 1. The lowest BCUT2D eigenvalue weighted by molar-refractivity contribution is -0.148. The van der Waals surface area contributed by atoms with E-state index in [0.717, 1.165) is 0 Å². The van der Waals surface area contributed by atoms with Gasteiger partial charge in [-0.2, -0.15) is 0 Å². The van der Waals surface area contributed by atoms with Gasteiger partial charge in [-0.05, 0) is 30.7 Å². The van der Waals surface area contributed by atoms with E-state index in [-0.39, 0.29) is 19.8 Å². The Morgan fingerprint density at radius 2 is 1.50 bits per heavy atom. The Hall–Kier alpha value is 0.390. The molecule has 1 aromatic carbocycles. The first-order chi connectivity index (χ1) is 10.0. The largest absolute Gasteiger partial charge is 0.464 e. The van der Waals surface area contributed by atoms with Gasteiger partial charge in [-0.3, -0.25) is 0 Å². The monoisotopic (exact) mass is 426 g/mol. The van der Waals surface area contributed by atoms with Crippen molar-refractivity contribution < 1.29 is 14.3 Å². The molecule has 0 saturated carbocycles. The lowest BCUT2D eigenvalue weighted by Crippen LogP contribution is -2.13. The normalized spacial score (nSPS) is 12.3. The molecule has 0 aliphatic rings. The minimum absolute atomic E-state index is 0.0706. The minimum Gasteiger partial charge on any atom is -0.464 e. The number of carbonyl (C=O) groups is 1. The molecule has 0 amide bonds. The van der Waals surface area contributed by atoms with Gasteiger partial charge in [0.05, 0.1) is 13.2 Å². The lowest BCUT2D eigenvalue weighted by Gasteiger charge is -2.18. The molecule has 9 heteroatoms. The molecular weight excluding hydrogens is 417 g/mol. The lowest BCUT2D eigenvalue weighted by atomic mass is 10.1. The first kappa shape index (κ1) is 20.4. The van der Waals surface area contributed by atoms with E-state index in [1.807, 2.05) is 0 Å². The molecule has 22 heavy (non-hydrogen) atoms. The van der Waals surface area contributed by atoms with Gasteiger partial charge in [0.15, 0.2) is 0 Å². The van der Waals surface area contributed by atoms with Crippen LogP contribution in [0.5, 0.6) is 0 Å². The Morgan fingerprint density at radius 3 is 1.91 bits per heavy atom. The smallest absolute Gasteiger partial charge is 0.332 e. The second kappa shape index (κ2) is 8.48. The zero-order chi connectivity index (χ0) is 17.0. The molecule has 0 aromatic heterocycles. The summed E-state index contributed by atoms with van der Waals surface area (Å²) < 4.78 is 6.62. The molecule has 0 radical (unpaired) electrons. The SMILES string of the molecule is CCOC(=O)COCc1cc(C(Cl)(Cl)Cl)cc(C(Cl)(Cl)Cl)c1. The molecule has 0 unspecified atom stereocenters. The summed E-state index contributed by atoms with van der Waals surface area (Å²) in [5, 5.41) is 0. The topological polar surface area (TPSA) is 35.5 Å². The summed E-state index contributed by atoms with van der Waals surface area (Å²) in [5.74, 6) is -0.471. The van der Waals surface area contributed by atoms with Crippen LogP contribution in [0.15, 0.2) is 18.2 Å². The van der Waals surface area contributed by atoms with E-state index in [0.29, 0.717) is 16.7 Å². The number of benzene rings is 1. The van der Waals surface area contributed by atoms with E-state index in [2.05, 4.69) is 0 Å². The van der Waals surface area contributed by atoms with E-state index in [1.165, 1.54) is 6.07 Å². The molecule has 0 atom stereocenters. The Balaban J connectivity index is 2.92. The van der Waals surface area contributed by atoms with Crippen LogP contribution in [0, 0.1) is 0 Å². The predicted octanol–water partition coefficient (Wildman–Crippen LogP) is 5.42. The van der Waals surface area contributed by atoms with Crippen molar-refractivity contribution in [1.29, 1.82) is 0 Å². The second-order valence-corrected chi connectivity index (χ2v) is 8.77. The maximum atomic E-state index is 11.2. The first-order valence-corrected chi connectivity index (χ1v) is 8.32. The highest BCUT2D eigenvalue weighted by atomic mass is 35.6. The minimum atomic E-state index is -1.68. The average Bonchev–Trinajstić information content (AvgIpc) is 2.36. The fourth-order valence-corrected chi connectivity index (χ4v) is 2.21. The molecule has 124 valence electrons. The number of rotatable bonds is 5. The molecular formula is C13H12Cl6O3. The highest BCUT2D eigenvalue weighted by Gasteiger charge is 2.29. The van der Waals surface area contributed by atoms with Gasteiger partial charge in [-0.1, -0.05) is 69.6 Å². The van der Waals surface area contributed by atoms with E-state index >= 15 is 0 Å². The quantitative estimate of drug-likeness (QED) is 0.464. The highest BCUT2D eigenvalue weighted by Crippen LogP contribution is 2.44. The predicted molar refractivity (Wildman–Crippen MR) is 91.2 cm³/mol. The van der Waals surface area contributed by atoms with Crippen molar-refractivity contribution in [2.75, 3.05) is 13.2 Å². The van der Waals surface area contributed by atoms with E-state index < -0.39 is 13.6 Å². The van der Waals surface area contributed by atoms with Crippen LogP contribution in [0.2, 0.25) is 0 Å². The third-order valence-corrected chi connectivity index (χ3v) is 3.75. The van der Waals surface area contributed by atoms with Crippen molar-refractivity contribution in [2.24, 2.45) is 0 Å². The maximum Gasteiger partial charge on any atom is 0.332 e. The van der Waals surface area contributed by atoms with Gasteiger partial charge in [0.25, 0.3) is 0 Å².